The van der Waals surface area contributed by atoms with E-state index in [-0.39, 0.29) is 31.1 Å². The second kappa shape index (κ2) is 62.2. The zero-order chi connectivity index (χ0) is 52.9. The quantitative estimate of drug-likeness (QED) is 0.0261. The van der Waals surface area contributed by atoms with Crippen molar-refractivity contribution in [1.82, 2.24) is 0 Å². The number of hydrogen-bond donors (Lipinski definition) is 0. The smallest absolute Gasteiger partial charge is 0.306 e. The molecule has 0 amide bonds. The summed E-state index contributed by atoms with van der Waals surface area (Å²) in [6.45, 7) is 6.60. The number of ether oxygens (including phenoxy) is 3. The molecule has 0 bridgehead atoms. The number of carbonyl (C=O) groups excluding carboxylic acids is 3. The molecule has 0 saturated carbocycles. The third-order valence-electron chi connectivity index (χ3n) is 14.6. The summed E-state index contributed by atoms with van der Waals surface area (Å²) < 4.78 is 16.8. The van der Waals surface area contributed by atoms with Gasteiger partial charge in [-0.1, -0.05) is 295 Å². The van der Waals surface area contributed by atoms with Crippen molar-refractivity contribution in [3.05, 3.63) is 36.5 Å². The Morgan fingerprint density at radius 2 is 0.493 bits per heavy atom. The third-order valence-corrected chi connectivity index (χ3v) is 14.6. The van der Waals surface area contributed by atoms with Crippen LogP contribution < -0.4 is 0 Å². The molecule has 1 unspecified atom stereocenters. The molecular weight excluding hydrogens is 901 g/mol. The Balaban J connectivity index is 3.98. The van der Waals surface area contributed by atoms with Gasteiger partial charge in [0.2, 0.25) is 0 Å². The predicted octanol–water partition coefficient (Wildman–Crippen LogP) is 22.0. The molecule has 73 heavy (non-hydrogen) atoms. The maximum absolute atomic E-state index is 12.8. The fraction of sp³-hybridized carbons (Fsp3) is 0.866. The van der Waals surface area contributed by atoms with Crippen LogP contribution in [0.25, 0.3) is 0 Å². The molecular formula is C67H124O6. The van der Waals surface area contributed by atoms with Crippen molar-refractivity contribution in [2.24, 2.45) is 0 Å². The Morgan fingerprint density at radius 1 is 0.274 bits per heavy atom. The van der Waals surface area contributed by atoms with Gasteiger partial charge in [0.15, 0.2) is 6.10 Å². The second-order valence-electron chi connectivity index (χ2n) is 22.0. The molecule has 0 aliphatic carbocycles. The summed E-state index contributed by atoms with van der Waals surface area (Å²) in [6.07, 6.45) is 76.4. The predicted molar refractivity (Wildman–Crippen MR) is 316 cm³/mol. The van der Waals surface area contributed by atoms with Crippen LogP contribution in [0.5, 0.6) is 0 Å². The number of unbranched alkanes of at least 4 members (excludes halogenated alkanes) is 43. The number of rotatable bonds is 60. The molecule has 0 aliphatic heterocycles. The zero-order valence-corrected chi connectivity index (χ0v) is 49.2. The van der Waals surface area contributed by atoms with Crippen molar-refractivity contribution < 1.29 is 28.6 Å². The van der Waals surface area contributed by atoms with E-state index in [0.717, 1.165) is 70.6 Å². The van der Waals surface area contributed by atoms with Gasteiger partial charge in [0.05, 0.1) is 0 Å². The fourth-order valence-corrected chi connectivity index (χ4v) is 9.71. The first-order chi connectivity index (χ1) is 36.0. The first kappa shape index (κ1) is 70.6. The van der Waals surface area contributed by atoms with Crippen molar-refractivity contribution in [2.45, 2.75) is 361 Å². The summed E-state index contributed by atoms with van der Waals surface area (Å²) in [7, 11) is 0. The van der Waals surface area contributed by atoms with Gasteiger partial charge in [-0.3, -0.25) is 14.4 Å². The molecule has 0 aliphatic rings. The van der Waals surface area contributed by atoms with Gasteiger partial charge in [-0.2, -0.15) is 0 Å². The monoisotopic (exact) mass is 1020 g/mol. The summed E-state index contributed by atoms with van der Waals surface area (Å²) >= 11 is 0. The summed E-state index contributed by atoms with van der Waals surface area (Å²) in [5, 5.41) is 0. The standard InChI is InChI=1S/C67H124O6/c1-4-7-10-13-15-17-19-21-23-25-27-29-31-32-33-34-36-37-39-41-43-45-47-49-51-54-57-60-66(69)72-63-64(62-71-65(68)59-56-53-12-9-6-3)73-67(70)61-58-55-52-50-48-46-44-42-40-38-35-30-28-26-24-22-20-18-16-14-11-8-5-2/h19,21,25-28,64H,4-18,20,22-24,29-63H2,1-3H3/b21-19-,27-25-,28-26-. The highest BCUT2D eigenvalue weighted by Crippen LogP contribution is 2.17. The van der Waals surface area contributed by atoms with Crippen LogP contribution in [0.3, 0.4) is 0 Å². The summed E-state index contributed by atoms with van der Waals surface area (Å²) in [5.74, 6) is -0.864. The Labute approximate surface area is 455 Å². The van der Waals surface area contributed by atoms with Crippen LogP contribution in [0.1, 0.15) is 355 Å². The highest BCUT2D eigenvalue weighted by Gasteiger charge is 2.19. The lowest BCUT2D eigenvalue weighted by molar-refractivity contribution is -0.167. The SMILES string of the molecule is CCCCCCC/C=C\C/C=C\CCCCCCCCCCCCCCCCCC(=O)OCC(COC(=O)CCCCCCC)OC(=O)CCCCCCCCCCCCC/C=C\CCCCCCCCCC. The Hall–Kier alpha value is -2.37. The largest absolute Gasteiger partial charge is 0.462 e. The van der Waals surface area contributed by atoms with Crippen molar-refractivity contribution >= 4 is 17.9 Å². The van der Waals surface area contributed by atoms with Gasteiger partial charge >= 0.3 is 17.9 Å². The maximum atomic E-state index is 12.8. The highest BCUT2D eigenvalue weighted by molar-refractivity contribution is 5.71. The molecule has 0 fully saturated rings. The van der Waals surface area contributed by atoms with Crippen molar-refractivity contribution in [3.63, 3.8) is 0 Å². The Bertz CT molecular complexity index is 1220. The van der Waals surface area contributed by atoms with Gasteiger partial charge in [-0.15, -0.1) is 0 Å². The molecule has 6 nitrogen and oxygen atoms in total. The third kappa shape index (κ3) is 60.4. The molecule has 428 valence electrons. The number of allylic oxidation sites excluding steroid dienone is 6. The lowest BCUT2D eigenvalue weighted by Crippen LogP contribution is -2.30. The van der Waals surface area contributed by atoms with E-state index in [0.29, 0.717) is 19.3 Å². The molecule has 1 atom stereocenters. The summed E-state index contributed by atoms with van der Waals surface area (Å²) in [6, 6.07) is 0. The van der Waals surface area contributed by atoms with Crippen LogP contribution in [0, 0.1) is 0 Å². The van der Waals surface area contributed by atoms with E-state index in [1.165, 1.54) is 244 Å². The highest BCUT2D eigenvalue weighted by atomic mass is 16.6. The van der Waals surface area contributed by atoms with E-state index in [4.69, 9.17) is 14.2 Å². The van der Waals surface area contributed by atoms with Crippen LogP contribution in [-0.4, -0.2) is 37.2 Å². The topological polar surface area (TPSA) is 78.9 Å². The van der Waals surface area contributed by atoms with Gasteiger partial charge in [0.1, 0.15) is 13.2 Å². The Kier molecular flexibility index (Phi) is 60.2. The van der Waals surface area contributed by atoms with Crippen molar-refractivity contribution in [2.75, 3.05) is 13.2 Å². The number of carbonyl (C=O) groups is 3. The maximum Gasteiger partial charge on any atom is 0.306 e. The van der Waals surface area contributed by atoms with Gasteiger partial charge < -0.3 is 14.2 Å². The van der Waals surface area contributed by atoms with Gasteiger partial charge in [0, 0.05) is 19.3 Å². The fourth-order valence-electron chi connectivity index (χ4n) is 9.71. The molecule has 0 radical (unpaired) electrons. The van der Waals surface area contributed by atoms with Crippen molar-refractivity contribution in [3.8, 4) is 0 Å². The molecule has 0 rings (SSSR count). The molecule has 0 aromatic rings. The molecule has 6 heteroatoms. The van der Waals surface area contributed by atoms with Crippen molar-refractivity contribution in [1.29, 1.82) is 0 Å². The van der Waals surface area contributed by atoms with Gasteiger partial charge in [-0.05, 0) is 77.0 Å². The average Bonchev–Trinajstić information content (AvgIpc) is 3.39. The first-order valence-corrected chi connectivity index (χ1v) is 32.5. The molecule has 0 spiro atoms. The van der Waals surface area contributed by atoms with Gasteiger partial charge in [-0.25, -0.2) is 0 Å². The molecule has 0 heterocycles. The minimum Gasteiger partial charge on any atom is -0.462 e. The van der Waals surface area contributed by atoms with Gasteiger partial charge in [0.25, 0.3) is 0 Å². The lowest BCUT2D eigenvalue weighted by atomic mass is 10.0. The number of hydrogen-bond acceptors (Lipinski definition) is 6. The first-order valence-electron chi connectivity index (χ1n) is 32.5. The Morgan fingerprint density at radius 3 is 0.767 bits per heavy atom. The molecule has 0 N–H and O–H groups in total. The molecule has 0 aromatic carbocycles. The van der Waals surface area contributed by atoms with Crippen LogP contribution >= 0.6 is 0 Å². The van der Waals surface area contributed by atoms with E-state index in [1.54, 1.807) is 0 Å². The van der Waals surface area contributed by atoms with Crippen LogP contribution in [0.2, 0.25) is 0 Å². The number of esters is 3. The van der Waals surface area contributed by atoms with E-state index < -0.39 is 6.10 Å². The molecule has 0 saturated heterocycles. The van der Waals surface area contributed by atoms with E-state index in [1.807, 2.05) is 0 Å². The zero-order valence-electron chi connectivity index (χ0n) is 49.2. The lowest BCUT2D eigenvalue weighted by Gasteiger charge is -2.18. The minimum absolute atomic E-state index is 0.0690. The normalized spacial score (nSPS) is 12.2. The van der Waals surface area contributed by atoms with E-state index in [9.17, 15) is 14.4 Å². The van der Waals surface area contributed by atoms with Crippen LogP contribution in [0.15, 0.2) is 36.5 Å². The van der Waals surface area contributed by atoms with E-state index in [2.05, 4.69) is 57.2 Å². The second-order valence-corrected chi connectivity index (χ2v) is 22.0. The summed E-state index contributed by atoms with van der Waals surface area (Å²) in [4.78, 5) is 37.9. The van der Waals surface area contributed by atoms with Crippen LogP contribution in [-0.2, 0) is 28.6 Å². The summed E-state index contributed by atoms with van der Waals surface area (Å²) in [5.41, 5.74) is 0. The average molecular weight is 1030 g/mol. The minimum atomic E-state index is -0.767. The van der Waals surface area contributed by atoms with E-state index >= 15 is 0 Å². The van der Waals surface area contributed by atoms with Crippen LogP contribution in [0.4, 0.5) is 0 Å². The molecule has 0 aromatic heterocycles.